The molecule has 0 aliphatic carbocycles. The number of nitrogens with zero attached hydrogens (tertiary/aromatic N) is 4. The first-order valence-corrected chi connectivity index (χ1v) is 12.7. The van der Waals surface area contributed by atoms with Crippen molar-refractivity contribution in [1.29, 1.82) is 0 Å². The minimum atomic E-state index is -0.778. The number of amides is 2. The third-order valence-electron chi connectivity index (χ3n) is 6.51. The highest BCUT2D eigenvalue weighted by molar-refractivity contribution is 6.31. The van der Waals surface area contributed by atoms with E-state index in [9.17, 15) is 9.59 Å². The molecule has 3 heterocycles. The second kappa shape index (κ2) is 9.60. The van der Waals surface area contributed by atoms with Crippen molar-refractivity contribution in [3.05, 3.63) is 76.1 Å². The number of aromatic nitrogens is 2. The van der Waals surface area contributed by atoms with Gasteiger partial charge >= 0.3 is 0 Å². The number of ether oxygens (including phenoxy) is 1. The molecule has 0 fully saturated rings. The zero-order valence-electron chi connectivity index (χ0n) is 21.4. The molecule has 190 valence electrons. The van der Waals surface area contributed by atoms with Crippen molar-refractivity contribution in [2.24, 2.45) is 5.41 Å². The fourth-order valence-electron chi connectivity index (χ4n) is 4.54. The van der Waals surface area contributed by atoms with Crippen LogP contribution in [0.15, 0.2) is 48.5 Å². The Balaban J connectivity index is 1.39. The van der Waals surface area contributed by atoms with Crippen molar-refractivity contribution in [3.63, 3.8) is 0 Å². The van der Waals surface area contributed by atoms with E-state index in [1.165, 1.54) is 0 Å². The predicted molar refractivity (Wildman–Crippen MR) is 143 cm³/mol. The largest absolute Gasteiger partial charge is 0.489 e. The molecule has 2 aliphatic heterocycles. The molecule has 1 aromatic heterocycles. The van der Waals surface area contributed by atoms with Crippen molar-refractivity contribution in [2.45, 2.75) is 39.8 Å². The Morgan fingerprint density at radius 1 is 1.14 bits per heavy atom. The van der Waals surface area contributed by atoms with Gasteiger partial charge in [-0.25, -0.2) is 4.68 Å². The van der Waals surface area contributed by atoms with Crippen LogP contribution in [-0.4, -0.2) is 52.7 Å². The molecule has 0 spiro atoms. The van der Waals surface area contributed by atoms with Crippen LogP contribution in [0.4, 0.5) is 5.69 Å². The summed E-state index contributed by atoms with van der Waals surface area (Å²) in [6, 6.07) is 14.6. The second-order valence-electron chi connectivity index (χ2n) is 10.4. The molecule has 2 amide bonds. The van der Waals surface area contributed by atoms with E-state index in [4.69, 9.17) is 16.3 Å². The van der Waals surface area contributed by atoms with E-state index < -0.39 is 6.04 Å². The Morgan fingerprint density at radius 3 is 2.62 bits per heavy atom. The number of rotatable bonds is 3. The highest BCUT2D eigenvalue weighted by Gasteiger charge is 2.40. The molecule has 0 saturated heterocycles. The Bertz CT molecular complexity index is 1430. The smallest absolute Gasteiger partial charge is 0.275 e. The first-order valence-electron chi connectivity index (χ1n) is 12.3. The molecule has 0 N–H and O–H groups in total. The summed E-state index contributed by atoms with van der Waals surface area (Å²) < 4.78 is 7.69. The molecule has 2 aromatic carbocycles. The number of anilines is 1. The molecule has 0 saturated carbocycles. The fraction of sp³-hybridized carbons (Fsp3) is 0.345. The third-order valence-corrected chi connectivity index (χ3v) is 6.94. The van der Waals surface area contributed by atoms with Crippen molar-refractivity contribution in [2.75, 3.05) is 25.1 Å². The Kier molecular flexibility index (Phi) is 6.47. The summed E-state index contributed by atoms with van der Waals surface area (Å²) >= 11 is 6.62. The van der Waals surface area contributed by atoms with Gasteiger partial charge in [0.25, 0.3) is 11.8 Å². The van der Waals surface area contributed by atoms with Crippen LogP contribution in [0.1, 0.15) is 48.0 Å². The highest BCUT2D eigenvalue weighted by atomic mass is 35.5. The number of fused-ring (bicyclic) bond motifs is 2. The SMILES string of the molecule is CN1C(=O)[C@@H](N2CCc3c(nn(Cc4ccccc4)c3Cl)C2=O)COc2ccc(C#CC(C)(C)C)cc21. The molecular weight excluding hydrogens is 488 g/mol. The van der Waals surface area contributed by atoms with Gasteiger partial charge in [0.2, 0.25) is 0 Å². The van der Waals surface area contributed by atoms with Gasteiger partial charge in [-0.2, -0.15) is 5.10 Å². The molecule has 8 heteroatoms. The van der Waals surface area contributed by atoms with Crippen LogP contribution >= 0.6 is 11.6 Å². The Labute approximate surface area is 222 Å². The first kappa shape index (κ1) is 24.9. The first-order chi connectivity index (χ1) is 17.6. The second-order valence-corrected chi connectivity index (χ2v) is 10.8. The normalized spacial score (nSPS) is 17.4. The maximum atomic E-state index is 13.6. The van der Waals surface area contributed by atoms with Crippen molar-refractivity contribution >= 4 is 29.1 Å². The highest BCUT2D eigenvalue weighted by Crippen LogP contribution is 2.34. The van der Waals surface area contributed by atoms with Crippen LogP contribution < -0.4 is 9.64 Å². The number of halogens is 1. The van der Waals surface area contributed by atoms with E-state index in [0.29, 0.717) is 41.8 Å². The summed E-state index contributed by atoms with van der Waals surface area (Å²) in [5.41, 5.74) is 3.34. The molecular formula is C29H29ClN4O3. The van der Waals surface area contributed by atoms with Gasteiger partial charge < -0.3 is 14.5 Å². The summed E-state index contributed by atoms with van der Waals surface area (Å²) in [6.45, 7) is 7.02. The molecule has 0 radical (unpaired) electrons. The van der Waals surface area contributed by atoms with Crippen LogP contribution in [0.2, 0.25) is 5.15 Å². The quantitative estimate of drug-likeness (QED) is 0.484. The maximum absolute atomic E-state index is 13.6. The topological polar surface area (TPSA) is 67.7 Å². The van der Waals surface area contributed by atoms with E-state index in [-0.39, 0.29) is 23.8 Å². The number of carbonyl (C=O) groups excluding carboxylic acids is 2. The molecule has 0 unspecified atom stereocenters. The summed E-state index contributed by atoms with van der Waals surface area (Å²) in [4.78, 5) is 30.2. The van der Waals surface area contributed by atoms with Gasteiger partial charge in [0.15, 0.2) is 5.69 Å². The van der Waals surface area contributed by atoms with Crippen LogP contribution in [0.25, 0.3) is 0 Å². The molecule has 1 atom stereocenters. The molecule has 7 nitrogen and oxygen atoms in total. The van der Waals surface area contributed by atoms with Crippen LogP contribution in [0.5, 0.6) is 5.75 Å². The van der Waals surface area contributed by atoms with Gasteiger partial charge in [0.1, 0.15) is 23.6 Å². The van der Waals surface area contributed by atoms with Crippen LogP contribution in [-0.2, 0) is 17.8 Å². The lowest BCUT2D eigenvalue weighted by molar-refractivity contribution is -0.123. The molecule has 2 aliphatic rings. The van der Waals surface area contributed by atoms with Gasteiger partial charge in [-0.05, 0) is 51.0 Å². The van der Waals surface area contributed by atoms with Gasteiger partial charge in [0, 0.05) is 30.1 Å². The van der Waals surface area contributed by atoms with Gasteiger partial charge in [-0.1, -0.05) is 53.8 Å². The van der Waals surface area contributed by atoms with Crippen molar-refractivity contribution < 1.29 is 14.3 Å². The molecule has 0 bridgehead atoms. The number of carbonyl (C=O) groups is 2. The van der Waals surface area contributed by atoms with Crippen LogP contribution in [0.3, 0.4) is 0 Å². The third kappa shape index (κ3) is 4.94. The van der Waals surface area contributed by atoms with E-state index in [1.807, 2.05) is 69.3 Å². The van der Waals surface area contributed by atoms with E-state index in [1.54, 1.807) is 21.5 Å². The minimum Gasteiger partial charge on any atom is -0.489 e. The van der Waals surface area contributed by atoms with Gasteiger partial charge in [0.05, 0.1) is 12.2 Å². The average Bonchev–Trinajstić information content (AvgIpc) is 3.13. The van der Waals surface area contributed by atoms with Crippen molar-refractivity contribution in [3.8, 4) is 17.6 Å². The Hall–Kier alpha value is -3.76. The number of hydrogen-bond donors (Lipinski definition) is 0. The van der Waals surface area contributed by atoms with Gasteiger partial charge in [-0.3, -0.25) is 9.59 Å². The zero-order chi connectivity index (χ0) is 26.3. The zero-order valence-corrected chi connectivity index (χ0v) is 22.2. The van der Waals surface area contributed by atoms with Crippen molar-refractivity contribution in [1.82, 2.24) is 14.7 Å². The van der Waals surface area contributed by atoms with E-state index in [2.05, 4.69) is 16.9 Å². The van der Waals surface area contributed by atoms with E-state index >= 15 is 0 Å². The monoisotopic (exact) mass is 516 g/mol. The standard InChI is InChI=1S/C29H29ClN4O3/c1-29(2,3)14-12-19-10-11-24-22(16-19)32(4)27(35)23(18-37-24)33-15-13-21-25(28(33)36)31-34(26(21)30)17-20-8-6-5-7-9-20/h5-11,16,23H,13,15,17-18H2,1-4H3/t23-/m0/s1. The summed E-state index contributed by atoms with van der Waals surface area (Å²) in [7, 11) is 1.70. The number of hydrogen-bond acceptors (Lipinski definition) is 4. The fourth-order valence-corrected chi connectivity index (χ4v) is 4.83. The molecule has 37 heavy (non-hydrogen) atoms. The predicted octanol–water partition coefficient (Wildman–Crippen LogP) is 4.40. The van der Waals surface area contributed by atoms with Crippen LogP contribution in [0, 0.1) is 17.3 Å². The summed E-state index contributed by atoms with van der Waals surface area (Å²) in [6.07, 6.45) is 0.516. The summed E-state index contributed by atoms with van der Waals surface area (Å²) in [5, 5.41) is 5.00. The number of likely N-dealkylation sites (N-methyl/N-ethyl adjacent to an activating group) is 1. The number of benzene rings is 2. The lowest BCUT2D eigenvalue weighted by Crippen LogP contribution is -2.54. The minimum absolute atomic E-state index is 0.0583. The summed E-state index contributed by atoms with van der Waals surface area (Å²) in [5.74, 6) is 6.45. The molecule has 3 aromatic rings. The van der Waals surface area contributed by atoms with E-state index in [0.717, 1.165) is 16.7 Å². The molecule has 5 rings (SSSR count). The Morgan fingerprint density at radius 2 is 1.89 bits per heavy atom. The average molecular weight is 517 g/mol. The maximum Gasteiger partial charge on any atom is 0.275 e. The lowest BCUT2D eigenvalue weighted by atomic mass is 9.97. The lowest BCUT2D eigenvalue weighted by Gasteiger charge is -2.33. The van der Waals surface area contributed by atoms with Gasteiger partial charge in [-0.15, -0.1) is 0 Å².